The fraction of sp³-hybridized carbons (Fsp3) is 0.647. The minimum Gasteiger partial charge on any atom is -0.489 e. The average molecular weight is 279 g/mol. The Morgan fingerprint density at radius 1 is 1.30 bits per heavy atom. The molecule has 1 aliphatic rings. The summed E-state index contributed by atoms with van der Waals surface area (Å²) in [6.45, 7) is 7.79. The van der Waals surface area contributed by atoms with E-state index in [0.29, 0.717) is 11.5 Å². The molecule has 1 aromatic carbocycles. The molecule has 2 unspecified atom stereocenters. The summed E-state index contributed by atoms with van der Waals surface area (Å²) in [4.78, 5) is 0. The smallest absolute Gasteiger partial charge is 0.123 e. The molecule has 2 rings (SSSR count). The van der Waals surface area contributed by atoms with Gasteiger partial charge in [-0.2, -0.15) is 0 Å². The lowest BCUT2D eigenvalue weighted by molar-refractivity contribution is 0.0530. The summed E-state index contributed by atoms with van der Waals surface area (Å²) >= 11 is 0. The van der Waals surface area contributed by atoms with Gasteiger partial charge in [-0.05, 0) is 61.9 Å². The van der Waals surface area contributed by atoms with E-state index in [1.807, 2.05) is 0 Å². The SMILES string of the molecule is CCCNC1CCC(C)(C)CC1Oc1ccc(F)cc1. The van der Waals surface area contributed by atoms with Gasteiger partial charge >= 0.3 is 0 Å². The molecule has 0 saturated heterocycles. The Hall–Kier alpha value is -1.09. The van der Waals surface area contributed by atoms with Crippen LogP contribution in [0.1, 0.15) is 46.5 Å². The third-order valence-electron chi connectivity index (χ3n) is 4.09. The first kappa shape index (κ1) is 15.3. The van der Waals surface area contributed by atoms with E-state index in [0.717, 1.165) is 31.6 Å². The van der Waals surface area contributed by atoms with Gasteiger partial charge in [0.15, 0.2) is 0 Å². The average Bonchev–Trinajstić information content (AvgIpc) is 2.40. The molecule has 2 atom stereocenters. The predicted octanol–water partition coefficient (Wildman–Crippen LogP) is 4.15. The van der Waals surface area contributed by atoms with E-state index in [1.165, 1.54) is 18.6 Å². The summed E-state index contributed by atoms with van der Waals surface area (Å²) in [5.41, 5.74) is 0.315. The molecule has 20 heavy (non-hydrogen) atoms. The van der Waals surface area contributed by atoms with Crippen molar-refractivity contribution in [2.45, 2.75) is 58.6 Å². The van der Waals surface area contributed by atoms with Crippen molar-refractivity contribution in [1.82, 2.24) is 5.32 Å². The van der Waals surface area contributed by atoms with Crippen LogP contribution in [0, 0.1) is 11.2 Å². The maximum Gasteiger partial charge on any atom is 0.123 e. The van der Waals surface area contributed by atoms with Crippen molar-refractivity contribution in [1.29, 1.82) is 0 Å². The molecule has 0 bridgehead atoms. The van der Waals surface area contributed by atoms with Gasteiger partial charge in [0.25, 0.3) is 0 Å². The molecule has 1 aliphatic carbocycles. The highest BCUT2D eigenvalue weighted by Gasteiger charge is 2.35. The second-order valence-corrected chi connectivity index (χ2v) is 6.58. The molecule has 0 spiro atoms. The van der Waals surface area contributed by atoms with E-state index >= 15 is 0 Å². The fourth-order valence-electron chi connectivity index (χ4n) is 2.90. The van der Waals surface area contributed by atoms with Crippen LogP contribution < -0.4 is 10.1 Å². The van der Waals surface area contributed by atoms with Crippen molar-refractivity contribution in [3.8, 4) is 5.75 Å². The number of benzene rings is 1. The quantitative estimate of drug-likeness (QED) is 0.874. The Kier molecular flexibility index (Phi) is 5.03. The van der Waals surface area contributed by atoms with Crippen LogP contribution in [0.5, 0.6) is 5.75 Å². The summed E-state index contributed by atoms with van der Waals surface area (Å²) in [5, 5.41) is 3.59. The standard InChI is InChI=1S/C17H26FNO/c1-4-11-19-15-9-10-17(2,3)12-16(15)20-14-7-5-13(18)6-8-14/h5-8,15-16,19H,4,9-12H2,1-3H3. The van der Waals surface area contributed by atoms with Gasteiger partial charge in [-0.25, -0.2) is 4.39 Å². The molecule has 1 aromatic rings. The lowest BCUT2D eigenvalue weighted by Crippen LogP contribution is -2.49. The number of ether oxygens (including phenoxy) is 1. The van der Waals surface area contributed by atoms with Gasteiger partial charge in [-0.3, -0.25) is 0 Å². The van der Waals surface area contributed by atoms with Gasteiger partial charge < -0.3 is 10.1 Å². The summed E-state index contributed by atoms with van der Waals surface area (Å²) in [7, 11) is 0. The van der Waals surface area contributed by atoms with E-state index in [4.69, 9.17) is 4.74 Å². The fourth-order valence-corrected chi connectivity index (χ4v) is 2.90. The molecule has 0 heterocycles. The molecule has 1 fully saturated rings. The van der Waals surface area contributed by atoms with Gasteiger partial charge in [0.05, 0.1) is 0 Å². The largest absolute Gasteiger partial charge is 0.489 e. The number of hydrogen-bond donors (Lipinski definition) is 1. The molecule has 0 aromatic heterocycles. The van der Waals surface area contributed by atoms with Crippen molar-refractivity contribution in [3.05, 3.63) is 30.1 Å². The molecule has 112 valence electrons. The molecule has 1 saturated carbocycles. The molecule has 0 aliphatic heterocycles. The van der Waals surface area contributed by atoms with E-state index in [9.17, 15) is 4.39 Å². The first-order valence-corrected chi connectivity index (χ1v) is 7.66. The summed E-state index contributed by atoms with van der Waals surface area (Å²) < 4.78 is 19.1. The monoisotopic (exact) mass is 279 g/mol. The van der Waals surface area contributed by atoms with Crippen LogP contribution in [0.15, 0.2) is 24.3 Å². The molecule has 1 N–H and O–H groups in total. The van der Waals surface area contributed by atoms with Crippen LogP contribution in [0.25, 0.3) is 0 Å². The third kappa shape index (κ3) is 4.20. The van der Waals surface area contributed by atoms with Crippen LogP contribution in [0.4, 0.5) is 4.39 Å². The minimum atomic E-state index is -0.220. The Morgan fingerprint density at radius 3 is 2.65 bits per heavy atom. The lowest BCUT2D eigenvalue weighted by Gasteiger charge is -2.41. The normalized spacial score (nSPS) is 25.4. The van der Waals surface area contributed by atoms with Crippen molar-refractivity contribution in [3.63, 3.8) is 0 Å². The Labute approximate surface area is 121 Å². The lowest BCUT2D eigenvalue weighted by atomic mass is 9.74. The van der Waals surface area contributed by atoms with E-state index in [1.54, 1.807) is 12.1 Å². The predicted molar refractivity (Wildman–Crippen MR) is 80.5 cm³/mol. The van der Waals surface area contributed by atoms with Crippen LogP contribution in [0.2, 0.25) is 0 Å². The van der Waals surface area contributed by atoms with Crippen molar-refractivity contribution in [2.24, 2.45) is 5.41 Å². The number of halogens is 1. The topological polar surface area (TPSA) is 21.3 Å². The molecule has 3 heteroatoms. The summed E-state index contributed by atoms with van der Waals surface area (Å²) in [5.74, 6) is 0.541. The Bertz CT molecular complexity index is 416. The van der Waals surface area contributed by atoms with Crippen LogP contribution in [-0.2, 0) is 0 Å². The Balaban J connectivity index is 2.04. The van der Waals surface area contributed by atoms with Gasteiger partial charge in [0, 0.05) is 6.04 Å². The highest BCUT2D eigenvalue weighted by Crippen LogP contribution is 2.37. The van der Waals surface area contributed by atoms with Gasteiger partial charge in [0.1, 0.15) is 17.7 Å². The summed E-state index contributed by atoms with van der Waals surface area (Å²) in [6, 6.07) is 6.74. The maximum absolute atomic E-state index is 13.0. The van der Waals surface area contributed by atoms with Crippen molar-refractivity contribution < 1.29 is 9.13 Å². The van der Waals surface area contributed by atoms with E-state index < -0.39 is 0 Å². The van der Waals surface area contributed by atoms with Crippen LogP contribution >= 0.6 is 0 Å². The zero-order valence-electron chi connectivity index (χ0n) is 12.8. The molecule has 2 nitrogen and oxygen atoms in total. The zero-order chi connectivity index (χ0) is 14.6. The van der Waals surface area contributed by atoms with E-state index in [2.05, 4.69) is 26.1 Å². The Morgan fingerprint density at radius 2 is 2.00 bits per heavy atom. The first-order valence-electron chi connectivity index (χ1n) is 7.66. The van der Waals surface area contributed by atoms with Crippen LogP contribution in [-0.4, -0.2) is 18.7 Å². The third-order valence-corrected chi connectivity index (χ3v) is 4.09. The van der Waals surface area contributed by atoms with Crippen molar-refractivity contribution >= 4 is 0 Å². The number of hydrogen-bond acceptors (Lipinski definition) is 2. The van der Waals surface area contributed by atoms with E-state index in [-0.39, 0.29) is 11.9 Å². The molecular formula is C17H26FNO. The van der Waals surface area contributed by atoms with Gasteiger partial charge in [-0.1, -0.05) is 20.8 Å². The molecular weight excluding hydrogens is 253 g/mol. The van der Waals surface area contributed by atoms with Crippen LogP contribution in [0.3, 0.4) is 0 Å². The number of rotatable bonds is 5. The second-order valence-electron chi connectivity index (χ2n) is 6.58. The highest BCUT2D eigenvalue weighted by molar-refractivity contribution is 5.22. The molecule has 0 amide bonds. The zero-order valence-corrected chi connectivity index (χ0v) is 12.8. The summed E-state index contributed by atoms with van der Waals surface area (Å²) in [6.07, 6.45) is 4.68. The minimum absolute atomic E-state index is 0.163. The van der Waals surface area contributed by atoms with Gasteiger partial charge in [0.2, 0.25) is 0 Å². The first-order chi connectivity index (χ1) is 9.50. The van der Waals surface area contributed by atoms with Gasteiger partial charge in [-0.15, -0.1) is 0 Å². The maximum atomic E-state index is 13.0. The highest BCUT2D eigenvalue weighted by atomic mass is 19.1. The number of nitrogens with one attached hydrogen (secondary N) is 1. The second kappa shape index (κ2) is 6.57. The van der Waals surface area contributed by atoms with Crippen molar-refractivity contribution in [2.75, 3.05) is 6.54 Å². The molecule has 0 radical (unpaired) electrons.